The van der Waals surface area contributed by atoms with Gasteiger partial charge in [0.2, 0.25) is 5.91 Å². The number of carbonyl (C=O) groups is 2. The smallest absolute Gasteiger partial charge is 0.334 e. The number of nitrogens with zero attached hydrogens (tertiary/aromatic N) is 1. The molecule has 19 heavy (non-hydrogen) atoms. The van der Waals surface area contributed by atoms with Gasteiger partial charge in [-0.3, -0.25) is 4.79 Å². The molecule has 1 saturated heterocycles. The van der Waals surface area contributed by atoms with Crippen LogP contribution in [0.1, 0.15) is 17.7 Å². The zero-order valence-electron chi connectivity index (χ0n) is 10.3. The number of thiophene rings is 1. The van der Waals surface area contributed by atoms with Crippen molar-refractivity contribution in [3.63, 3.8) is 0 Å². The lowest BCUT2D eigenvalue weighted by atomic mass is 10.1. The lowest BCUT2D eigenvalue weighted by molar-refractivity contribution is -0.159. The van der Waals surface area contributed by atoms with Crippen LogP contribution < -0.4 is 0 Å². The van der Waals surface area contributed by atoms with E-state index in [1.807, 2.05) is 19.1 Å². The van der Waals surface area contributed by atoms with Crippen molar-refractivity contribution in [3.8, 4) is 0 Å². The fraction of sp³-hybridized carbons (Fsp3) is 0.500. The number of carboxylic acid groups (broad SMARTS) is 1. The van der Waals surface area contributed by atoms with E-state index >= 15 is 0 Å². The summed E-state index contributed by atoms with van der Waals surface area (Å²) in [6.45, 7) is 2.67. The number of carboxylic acids is 1. The molecule has 0 saturated carbocycles. The molecule has 2 atom stereocenters. The number of morpholine rings is 1. The molecule has 5 nitrogen and oxygen atoms in total. The molecule has 1 aliphatic heterocycles. The normalized spacial score (nSPS) is 21.2. The third kappa shape index (κ3) is 3.34. The van der Waals surface area contributed by atoms with Gasteiger partial charge in [-0.1, -0.05) is 0 Å². The van der Waals surface area contributed by atoms with Gasteiger partial charge in [-0.05, 0) is 35.0 Å². The van der Waals surface area contributed by atoms with Crippen molar-refractivity contribution in [2.45, 2.75) is 18.9 Å². The number of amides is 1. The molecule has 1 aromatic heterocycles. The van der Waals surface area contributed by atoms with Gasteiger partial charge in [-0.15, -0.1) is 11.3 Å². The van der Waals surface area contributed by atoms with E-state index in [4.69, 9.17) is 9.84 Å². The predicted octanol–water partition coefficient (Wildman–Crippen LogP) is 1.93. The Balaban J connectivity index is 2.04. The van der Waals surface area contributed by atoms with Gasteiger partial charge in [0.25, 0.3) is 0 Å². The molecule has 0 aliphatic carbocycles. The molecule has 1 aromatic rings. The van der Waals surface area contributed by atoms with E-state index in [0.29, 0.717) is 6.54 Å². The van der Waals surface area contributed by atoms with Crippen molar-refractivity contribution in [1.29, 1.82) is 0 Å². The van der Waals surface area contributed by atoms with Gasteiger partial charge in [0, 0.05) is 11.4 Å². The summed E-state index contributed by atoms with van der Waals surface area (Å²) in [5.74, 6) is -1.34. The summed E-state index contributed by atoms with van der Waals surface area (Å²) in [4.78, 5) is 25.8. The van der Waals surface area contributed by atoms with Crippen LogP contribution >= 0.6 is 27.3 Å². The molecule has 2 heterocycles. The molecule has 0 spiro atoms. The standard InChI is InChI=1S/C12H14BrNO4S/c1-7(9-2-3-10(13)19-9)11(15)14-4-5-18-8(6-14)12(16)17/h2-3,7-8H,4-6H2,1H3,(H,16,17). The first kappa shape index (κ1) is 14.5. The highest BCUT2D eigenvalue weighted by Crippen LogP contribution is 2.29. The number of halogens is 1. The van der Waals surface area contributed by atoms with Gasteiger partial charge in [0.15, 0.2) is 6.10 Å². The Morgan fingerprint density at radius 2 is 2.32 bits per heavy atom. The maximum atomic E-state index is 12.3. The van der Waals surface area contributed by atoms with Crippen LogP contribution in [-0.2, 0) is 14.3 Å². The molecule has 2 rings (SSSR count). The molecule has 1 amide bonds. The molecule has 1 aliphatic rings. The Morgan fingerprint density at radius 3 is 2.89 bits per heavy atom. The molecule has 0 bridgehead atoms. The van der Waals surface area contributed by atoms with Gasteiger partial charge in [0.1, 0.15) is 0 Å². The second kappa shape index (κ2) is 6.02. The van der Waals surface area contributed by atoms with E-state index in [0.717, 1.165) is 8.66 Å². The SMILES string of the molecule is CC(C(=O)N1CCOC(C(=O)O)C1)c1ccc(Br)s1. The van der Waals surface area contributed by atoms with E-state index < -0.39 is 12.1 Å². The minimum absolute atomic E-state index is 0.0519. The zero-order chi connectivity index (χ0) is 14.0. The van der Waals surface area contributed by atoms with Crippen molar-refractivity contribution in [2.24, 2.45) is 0 Å². The fourth-order valence-electron chi connectivity index (χ4n) is 1.96. The highest BCUT2D eigenvalue weighted by molar-refractivity contribution is 9.11. The highest BCUT2D eigenvalue weighted by Gasteiger charge is 2.31. The lowest BCUT2D eigenvalue weighted by Gasteiger charge is -2.32. The van der Waals surface area contributed by atoms with E-state index in [9.17, 15) is 9.59 Å². The average Bonchev–Trinajstić information content (AvgIpc) is 2.84. The predicted molar refractivity (Wildman–Crippen MR) is 74.4 cm³/mol. The third-order valence-corrected chi connectivity index (χ3v) is 4.85. The first-order valence-electron chi connectivity index (χ1n) is 5.87. The molecule has 7 heteroatoms. The van der Waals surface area contributed by atoms with Crippen molar-refractivity contribution in [3.05, 3.63) is 20.8 Å². The Hall–Kier alpha value is -0.920. The average molecular weight is 348 g/mol. The van der Waals surface area contributed by atoms with E-state index in [2.05, 4.69) is 15.9 Å². The molecular weight excluding hydrogens is 334 g/mol. The fourth-order valence-corrected chi connectivity index (χ4v) is 3.42. The lowest BCUT2D eigenvalue weighted by Crippen LogP contribution is -2.49. The van der Waals surface area contributed by atoms with Gasteiger partial charge in [-0.25, -0.2) is 4.79 Å². The first-order valence-corrected chi connectivity index (χ1v) is 7.48. The van der Waals surface area contributed by atoms with Crippen LogP contribution in [0.25, 0.3) is 0 Å². The van der Waals surface area contributed by atoms with E-state index in [-0.39, 0.29) is 25.0 Å². The quantitative estimate of drug-likeness (QED) is 0.907. The summed E-state index contributed by atoms with van der Waals surface area (Å²) >= 11 is 4.89. The molecule has 2 unspecified atom stereocenters. The minimum Gasteiger partial charge on any atom is -0.479 e. The number of aliphatic carboxylic acids is 1. The number of hydrogen-bond acceptors (Lipinski definition) is 4. The van der Waals surface area contributed by atoms with Crippen molar-refractivity contribution in [2.75, 3.05) is 19.7 Å². The van der Waals surface area contributed by atoms with Crippen molar-refractivity contribution >= 4 is 39.1 Å². The molecule has 0 radical (unpaired) electrons. The van der Waals surface area contributed by atoms with Gasteiger partial charge in [-0.2, -0.15) is 0 Å². The van der Waals surface area contributed by atoms with Crippen LogP contribution in [0.4, 0.5) is 0 Å². The summed E-state index contributed by atoms with van der Waals surface area (Å²) in [7, 11) is 0. The highest BCUT2D eigenvalue weighted by atomic mass is 79.9. The molecule has 1 N–H and O–H groups in total. The van der Waals surface area contributed by atoms with E-state index in [1.54, 1.807) is 4.90 Å². The largest absolute Gasteiger partial charge is 0.479 e. The first-order chi connectivity index (χ1) is 8.99. The number of carbonyl (C=O) groups excluding carboxylic acids is 1. The Labute approximate surface area is 123 Å². The minimum atomic E-state index is -1.02. The summed E-state index contributed by atoms with van der Waals surface area (Å²) < 4.78 is 6.09. The maximum absolute atomic E-state index is 12.3. The van der Waals surface area contributed by atoms with Crippen LogP contribution in [0, 0.1) is 0 Å². The van der Waals surface area contributed by atoms with Crippen LogP contribution in [0.2, 0.25) is 0 Å². The number of rotatable bonds is 3. The Kier molecular flexibility index (Phi) is 4.59. The van der Waals surface area contributed by atoms with Gasteiger partial charge >= 0.3 is 5.97 Å². The van der Waals surface area contributed by atoms with Gasteiger partial charge in [0.05, 0.1) is 22.9 Å². The zero-order valence-corrected chi connectivity index (χ0v) is 12.7. The molecule has 0 aromatic carbocycles. The van der Waals surface area contributed by atoms with Crippen molar-refractivity contribution < 1.29 is 19.4 Å². The number of hydrogen-bond donors (Lipinski definition) is 1. The van der Waals surface area contributed by atoms with Crippen molar-refractivity contribution in [1.82, 2.24) is 4.90 Å². The topological polar surface area (TPSA) is 66.8 Å². The molecule has 104 valence electrons. The van der Waals surface area contributed by atoms with Crippen LogP contribution in [0.5, 0.6) is 0 Å². The van der Waals surface area contributed by atoms with Gasteiger partial charge < -0.3 is 14.7 Å². The van der Waals surface area contributed by atoms with Crippen LogP contribution in [-0.4, -0.2) is 47.7 Å². The molecule has 1 fully saturated rings. The second-order valence-corrected chi connectivity index (χ2v) is 6.84. The summed E-state index contributed by atoms with van der Waals surface area (Å²) in [5.41, 5.74) is 0. The van der Waals surface area contributed by atoms with E-state index in [1.165, 1.54) is 11.3 Å². The second-order valence-electron chi connectivity index (χ2n) is 4.35. The molecular formula is C12H14BrNO4S. The van der Waals surface area contributed by atoms with Crippen LogP contribution in [0.15, 0.2) is 15.9 Å². The number of ether oxygens (including phenoxy) is 1. The van der Waals surface area contributed by atoms with Crippen LogP contribution in [0.3, 0.4) is 0 Å². The Bertz CT molecular complexity index is 490. The Morgan fingerprint density at radius 1 is 1.58 bits per heavy atom. The third-order valence-electron chi connectivity index (χ3n) is 3.04. The summed E-state index contributed by atoms with van der Waals surface area (Å²) in [5, 5.41) is 8.93. The summed E-state index contributed by atoms with van der Waals surface area (Å²) in [6, 6.07) is 3.82. The monoisotopic (exact) mass is 347 g/mol. The summed E-state index contributed by atoms with van der Waals surface area (Å²) in [6.07, 6.45) is -0.917. The maximum Gasteiger partial charge on any atom is 0.334 e.